The summed E-state index contributed by atoms with van der Waals surface area (Å²) in [6, 6.07) is 3.61. The van der Waals surface area contributed by atoms with Gasteiger partial charge in [-0.05, 0) is 48.4 Å². The largest absolute Gasteiger partial charge is 0.384 e. The second-order valence-electron chi connectivity index (χ2n) is 6.48. The van der Waals surface area contributed by atoms with Crippen LogP contribution >= 0.6 is 0 Å². The molecule has 4 nitrogen and oxygen atoms in total. The summed E-state index contributed by atoms with van der Waals surface area (Å²) in [6.07, 6.45) is 4.56. The Morgan fingerprint density at radius 2 is 2.05 bits per heavy atom. The van der Waals surface area contributed by atoms with Crippen LogP contribution in [0.15, 0.2) is 18.3 Å². The third-order valence-electron chi connectivity index (χ3n) is 3.76. The number of nitrogens with zero attached hydrogens (tertiary/aromatic N) is 1. The summed E-state index contributed by atoms with van der Waals surface area (Å²) in [6.45, 7) is 7.31. The molecule has 1 rings (SSSR count). The van der Waals surface area contributed by atoms with E-state index in [2.05, 4.69) is 25.8 Å². The summed E-state index contributed by atoms with van der Waals surface area (Å²) < 4.78 is 0. The third kappa shape index (κ3) is 5.70. The van der Waals surface area contributed by atoms with Gasteiger partial charge in [-0.25, -0.2) is 4.98 Å². The fraction of sp³-hybridized carbons (Fsp3) is 0.625. The number of pyridine rings is 1. The van der Waals surface area contributed by atoms with Crippen LogP contribution in [-0.2, 0) is 11.2 Å². The number of carbonyl (C=O) groups is 1. The predicted molar refractivity (Wildman–Crippen MR) is 83.2 cm³/mol. The van der Waals surface area contributed by atoms with Gasteiger partial charge in [0, 0.05) is 19.0 Å². The number of Topliss-reactive ketones (excluding diaryl/α,β-unsaturated/α-hetero) is 1. The minimum Gasteiger partial charge on any atom is -0.384 e. The van der Waals surface area contributed by atoms with Crippen molar-refractivity contribution in [2.24, 2.45) is 17.1 Å². The van der Waals surface area contributed by atoms with E-state index >= 15 is 0 Å². The van der Waals surface area contributed by atoms with Gasteiger partial charge in [0.05, 0.1) is 0 Å². The van der Waals surface area contributed by atoms with E-state index in [-0.39, 0.29) is 11.2 Å². The Morgan fingerprint density at radius 3 is 2.60 bits per heavy atom. The molecule has 1 heterocycles. The van der Waals surface area contributed by atoms with Crippen LogP contribution in [0.3, 0.4) is 0 Å². The Kier molecular flexibility index (Phi) is 6.14. The maximum atomic E-state index is 12.1. The summed E-state index contributed by atoms with van der Waals surface area (Å²) in [5, 5.41) is 0. The van der Waals surface area contributed by atoms with E-state index in [1.54, 1.807) is 12.3 Å². The van der Waals surface area contributed by atoms with Gasteiger partial charge >= 0.3 is 0 Å². The van der Waals surface area contributed by atoms with Crippen molar-refractivity contribution in [1.82, 2.24) is 4.98 Å². The molecular weight excluding hydrogens is 250 g/mol. The van der Waals surface area contributed by atoms with E-state index in [1.807, 2.05) is 6.07 Å². The molecule has 0 amide bonds. The molecule has 0 aliphatic rings. The molecule has 4 N–H and O–H groups in total. The van der Waals surface area contributed by atoms with Crippen LogP contribution in [0.1, 0.15) is 45.6 Å². The summed E-state index contributed by atoms with van der Waals surface area (Å²) in [7, 11) is 0. The van der Waals surface area contributed by atoms with Gasteiger partial charge in [-0.15, -0.1) is 0 Å². The van der Waals surface area contributed by atoms with Crippen molar-refractivity contribution in [1.29, 1.82) is 0 Å². The molecule has 1 aromatic rings. The maximum Gasteiger partial charge on any atom is 0.137 e. The monoisotopic (exact) mass is 277 g/mol. The number of anilines is 1. The lowest BCUT2D eigenvalue weighted by Crippen LogP contribution is -2.24. The third-order valence-corrected chi connectivity index (χ3v) is 3.76. The molecule has 0 aromatic carbocycles. The summed E-state index contributed by atoms with van der Waals surface area (Å²) >= 11 is 0. The average Bonchev–Trinajstić information content (AvgIpc) is 2.33. The number of nitrogen functional groups attached to an aromatic ring is 1. The first-order valence-corrected chi connectivity index (χ1v) is 7.25. The molecule has 0 spiro atoms. The number of carbonyl (C=O) groups excluding carboxylic acids is 1. The van der Waals surface area contributed by atoms with Crippen LogP contribution in [0, 0.1) is 11.3 Å². The highest BCUT2D eigenvalue weighted by molar-refractivity contribution is 5.80. The Bertz CT molecular complexity index is 438. The molecule has 20 heavy (non-hydrogen) atoms. The highest BCUT2D eigenvalue weighted by Gasteiger charge is 2.24. The predicted octanol–water partition coefficient (Wildman–Crippen LogP) is 2.57. The second kappa shape index (κ2) is 7.39. The van der Waals surface area contributed by atoms with Gasteiger partial charge in [-0.3, -0.25) is 4.79 Å². The standard InChI is InChI=1S/C16H27N3O/c1-16(2,3)13(6-8-17)4-5-14(20)10-12-7-9-19-15(18)11-12/h7,9,11,13H,4-6,8,10,17H2,1-3H3,(H2,18,19). The lowest BCUT2D eigenvalue weighted by molar-refractivity contribution is -0.118. The minimum absolute atomic E-state index is 0.195. The lowest BCUT2D eigenvalue weighted by Gasteiger charge is -2.30. The van der Waals surface area contributed by atoms with Crippen LogP contribution in [0.5, 0.6) is 0 Å². The molecule has 0 saturated heterocycles. The Balaban J connectivity index is 2.50. The first kappa shape index (κ1) is 16.6. The van der Waals surface area contributed by atoms with Gasteiger partial charge in [0.2, 0.25) is 0 Å². The highest BCUT2D eigenvalue weighted by atomic mass is 16.1. The van der Waals surface area contributed by atoms with Crippen molar-refractivity contribution in [2.45, 2.75) is 46.5 Å². The number of hydrogen-bond acceptors (Lipinski definition) is 4. The molecule has 4 heteroatoms. The van der Waals surface area contributed by atoms with Crippen molar-refractivity contribution < 1.29 is 4.79 Å². The molecule has 0 aliphatic carbocycles. The first-order chi connectivity index (χ1) is 9.32. The normalized spacial score (nSPS) is 13.2. The summed E-state index contributed by atoms with van der Waals surface area (Å²) in [4.78, 5) is 16.0. The fourth-order valence-electron chi connectivity index (χ4n) is 2.47. The summed E-state index contributed by atoms with van der Waals surface area (Å²) in [5.74, 6) is 1.20. The van der Waals surface area contributed by atoms with Crippen molar-refractivity contribution >= 4 is 11.6 Å². The van der Waals surface area contributed by atoms with Crippen LogP contribution in [-0.4, -0.2) is 17.3 Å². The van der Waals surface area contributed by atoms with Crippen LogP contribution in [0.4, 0.5) is 5.82 Å². The quantitative estimate of drug-likeness (QED) is 0.802. The number of nitrogens with two attached hydrogens (primary N) is 2. The second-order valence-corrected chi connectivity index (χ2v) is 6.48. The smallest absolute Gasteiger partial charge is 0.137 e. The fourth-order valence-corrected chi connectivity index (χ4v) is 2.47. The van der Waals surface area contributed by atoms with Crippen LogP contribution < -0.4 is 11.5 Å². The van der Waals surface area contributed by atoms with Crippen molar-refractivity contribution in [3.63, 3.8) is 0 Å². The van der Waals surface area contributed by atoms with E-state index in [1.165, 1.54) is 0 Å². The van der Waals surface area contributed by atoms with Crippen LogP contribution in [0.25, 0.3) is 0 Å². The minimum atomic E-state index is 0.195. The maximum absolute atomic E-state index is 12.1. The van der Waals surface area contributed by atoms with E-state index in [4.69, 9.17) is 11.5 Å². The first-order valence-electron chi connectivity index (χ1n) is 7.25. The highest BCUT2D eigenvalue weighted by Crippen LogP contribution is 2.32. The number of ketones is 1. The Hall–Kier alpha value is -1.42. The number of aromatic nitrogens is 1. The molecule has 0 aliphatic heterocycles. The number of rotatable bonds is 7. The Morgan fingerprint density at radius 1 is 1.35 bits per heavy atom. The number of hydrogen-bond donors (Lipinski definition) is 2. The van der Waals surface area contributed by atoms with Gasteiger partial charge in [-0.1, -0.05) is 20.8 Å². The van der Waals surface area contributed by atoms with Gasteiger partial charge in [-0.2, -0.15) is 0 Å². The van der Waals surface area contributed by atoms with E-state index in [0.717, 1.165) is 18.4 Å². The molecule has 0 bridgehead atoms. The van der Waals surface area contributed by atoms with Crippen molar-refractivity contribution in [2.75, 3.05) is 12.3 Å². The van der Waals surface area contributed by atoms with Gasteiger partial charge in [0.1, 0.15) is 11.6 Å². The topological polar surface area (TPSA) is 82.0 Å². The van der Waals surface area contributed by atoms with E-state index < -0.39 is 0 Å². The van der Waals surface area contributed by atoms with Crippen LogP contribution in [0.2, 0.25) is 0 Å². The molecule has 1 unspecified atom stereocenters. The molecule has 1 aromatic heterocycles. The SMILES string of the molecule is CC(C)(C)C(CCN)CCC(=O)Cc1ccnc(N)c1. The zero-order chi connectivity index (χ0) is 15.2. The Labute approximate surface area is 122 Å². The molecule has 0 fully saturated rings. The molecule has 1 atom stereocenters. The van der Waals surface area contributed by atoms with Crippen molar-refractivity contribution in [3.05, 3.63) is 23.9 Å². The summed E-state index contributed by atoms with van der Waals surface area (Å²) in [5.41, 5.74) is 12.4. The van der Waals surface area contributed by atoms with Gasteiger partial charge < -0.3 is 11.5 Å². The zero-order valence-electron chi connectivity index (χ0n) is 12.9. The molecular formula is C16H27N3O. The van der Waals surface area contributed by atoms with Crippen molar-refractivity contribution in [3.8, 4) is 0 Å². The molecule has 0 radical (unpaired) electrons. The lowest BCUT2D eigenvalue weighted by atomic mass is 9.76. The molecule has 0 saturated carbocycles. The van der Waals surface area contributed by atoms with Gasteiger partial charge in [0.15, 0.2) is 0 Å². The zero-order valence-corrected chi connectivity index (χ0v) is 12.9. The van der Waals surface area contributed by atoms with Gasteiger partial charge in [0.25, 0.3) is 0 Å². The molecule has 112 valence electrons. The average molecular weight is 277 g/mol. The van der Waals surface area contributed by atoms with E-state index in [0.29, 0.717) is 31.1 Å². The van der Waals surface area contributed by atoms with E-state index in [9.17, 15) is 4.79 Å².